The molecule has 2 N–H and O–H groups in total. The first-order chi connectivity index (χ1) is 9.29. The Hall–Kier alpha value is -1.40. The fourth-order valence-corrected chi connectivity index (χ4v) is 2.96. The van der Waals surface area contributed by atoms with E-state index in [4.69, 9.17) is 5.11 Å². The second-order valence-corrected chi connectivity index (χ2v) is 5.24. The van der Waals surface area contributed by atoms with Crippen molar-refractivity contribution in [2.75, 3.05) is 39.3 Å². The first-order valence-electron chi connectivity index (χ1n) is 6.98. The molecule has 1 aromatic heterocycles. The zero-order valence-corrected chi connectivity index (χ0v) is 11.1. The summed E-state index contributed by atoms with van der Waals surface area (Å²) in [5.74, 6) is 0.0584. The van der Waals surface area contributed by atoms with E-state index in [1.54, 1.807) is 0 Å². The van der Waals surface area contributed by atoms with Gasteiger partial charge in [0.1, 0.15) is 0 Å². The number of fused-ring (bicyclic) bond motifs is 1. The summed E-state index contributed by atoms with van der Waals surface area (Å²) in [5.41, 5.74) is 2.90. The lowest BCUT2D eigenvalue weighted by Gasteiger charge is -2.34. The van der Waals surface area contributed by atoms with Crippen LogP contribution in [0.25, 0.3) is 0 Å². The Kier molecular flexibility index (Phi) is 3.52. The Morgan fingerprint density at radius 1 is 1.26 bits per heavy atom. The quantitative estimate of drug-likeness (QED) is 0.782. The van der Waals surface area contributed by atoms with Gasteiger partial charge in [0.15, 0.2) is 5.69 Å². The normalized spacial score (nSPS) is 19.7. The summed E-state index contributed by atoms with van der Waals surface area (Å²) in [6.07, 6.45) is 3.10. The third-order valence-electron chi connectivity index (χ3n) is 4.08. The molecule has 104 valence electrons. The average Bonchev–Trinajstić information content (AvgIpc) is 3.01. The Balaban J connectivity index is 1.65. The van der Waals surface area contributed by atoms with Gasteiger partial charge in [0.2, 0.25) is 0 Å². The van der Waals surface area contributed by atoms with Gasteiger partial charge in [-0.2, -0.15) is 5.10 Å². The van der Waals surface area contributed by atoms with E-state index < -0.39 is 0 Å². The second-order valence-electron chi connectivity index (χ2n) is 5.24. The van der Waals surface area contributed by atoms with E-state index in [-0.39, 0.29) is 12.5 Å². The molecule has 0 aromatic carbocycles. The van der Waals surface area contributed by atoms with Crippen molar-refractivity contribution in [1.82, 2.24) is 20.0 Å². The van der Waals surface area contributed by atoms with Crippen molar-refractivity contribution in [3.05, 3.63) is 17.0 Å². The molecule has 2 heterocycles. The Bertz CT molecular complexity index is 463. The van der Waals surface area contributed by atoms with Crippen LogP contribution in [0, 0.1) is 0 Å². The van der Waals surface area contributed by atoms with Gasteiger partial charge in [-0.25, -0.2) is 0 Å². The molecule has 1 amide bonds. The molecule has 0 atom stereocenters. The number of aliphatic hydroxyl groups is 1. The van der Waals surface area contributed by atoms with Crippen molar-refractivity contribution in [2.45, 2.75) is 19.3 Å². The first kappa shape index (κ1) is 12.6. The third kappa shape index (κ3) is 2.37. The number of hydrogen-bond donors (Lipinski definition) is 2. The minimum absolute atomic E-state index is 0.0584. The molecule has 1 aliphatic heterocycles. The number of β-amino-alcohol motifs (C(OH)–C–C–N with tert-alkyl or cyclic N) is 1. The van der Waals surface area contributed by atoms with Crippen LogP contribution in [0.1, 0.15) is 28.2 Å². The number of aliphatic hydroxyl groups excluding tert-OH is 1. The van der Waals surface area contributed by atoms with Crippen LogP contribution in [0.5, 0.6) is 0 Å². The summed E-state index contributed by atoms with van der Waals surface area (Å²) >= 11 is 0. The molecule has 6 nitrogen and oxygen atoms in total. The Morgan fingerprint density at radius 2 is 2.05 bits per heavy atom. The largest absolute Gasteiger partial charge is 0.395 e. The van der Waals surface area contributed by atoms with Gasteiger partial charge in [-0.05, 0) is 19.3 Å². The van der Waals surface area contributed by atoms with Crippen LogP contribution in [-0.2, 0) is 12.8 Å². The number of aryl methyl sites for hydroxylation is 1. The van der Waals surface area contributed by atoms with E-state index >= 15 is 0 Å². The van der Waals surface area contributed by atoms with Gasteiger partial charge in [-0.1, -0.05) is 0 Å². The summed E-state index contributed by atoms with van der Waals surface area (Å²) < 4.78 is 0. The number of amides is 1. The Labute approximate surface area is 112 Å². The second kappa shape index (κ2) is 5.30. The van der Waals surface area contributed by atoms with Crippen molar-refractivity contribution in [1.29, 1.82) is 0 Å². The molecule has 1 aromatic rings. The predicted octanol–water partition coefficient (Wildman–Crippen LogP) is -0.352. The van der Waals surface area contributed by atoms with Gasteiger partial charge >= 0.3 is 0 Å². The van der Waals surface area contributed by atoms with Crippen LogP contribution in [0.4, 0.5) is 0 Å². The standard InChI is InChI=1S/C13H20N4O2/c18-9-8-16-4-6-17(7-5-16)13(19)12-10-2-1-3-11(10)14-15-12/h18H,1-9H2,(H,14,15). The summed E-state index contributed by atoms with van der Waals surface area (Å²) in [4.78, 5) is 16.5. The molecule has 1 fully saturated rings. The van der Waals surface area contributed by atoms with Crippen molar-refractivity contribution in [3.8, 4) is 0 Å². The molecular weight excluding hydrogens is 244 g/mol. The number of nitrogens with zero attached hydrogens (tertiary/aromatic N) is 3. The SMILES string of the molecule is O=C(c1n[nH]c2c1CCC2)N1CCN(CCO)CC1. The summed E-state index contributed by atoms with van der Waals surface area (Å²) in [5, 5.41) is 16.1. The van der Waals surface area contributed by atoms with Crippen molar-refractivity contribution in [2.24, 2.45) is 0 Å². The molecule has 6 heteroatoms. The highest BCUT2D eigenvalue weighted by Crippen LogP contribution is 2.23. The van der Waals surface area contributed by atoms with Gasteiger partial charge in [0.05, 0.1) is 6.61 Å². The fourth-order valence-electron chi connectivity index (χ4n) is 2.96. The Morgan fingerprint density at radius 3 is 2.79 bits per heavy atom. The predicted molar refractivity (Wildman–Crippen MR) is 70.0 cm³/mol. The highest BCUT2D eigenvalue weighted by molar-refractivity contribution is 5.94. The van der Waals surface area contributed by atoms with Gasteiger partial charge in [0, 0.05) is 44.0 Å². The molecule has 0 unspecified atom stereocenters. The molecular formula is C13H20N4O2. The van der Waals surface area contributed by atoms with Crippen LogP contribution in [0.3, 0.4) is 0 Å². The number of aromatic nitrogens is 2. The molecule has 0 spiro atoms. The molecule has 1 saturated heterocycles. The van der Waals surface area contributed by atoms with Gasteiger partial charge in [-0.3, -0.25) is 14.8 Å². The fraction of sp³-hybridized carbons (Fsp3) is 0.692. The molecule has 3 rings (SSSR count). The number of hydrogen-bond acceptors (Lipinski definition) is 4. The zero-order chi connectivity index (χ0) is 13.2. The van der Waals surface area contributed by atoms with E-state index in [0.29, 0.717) is 12.2 Å². The molecule has 19 heavy (non-hydrogen) atoms. The monoisotopic (exact) mass is 264 g/mol. The highest BCUT2D eigenvalue weighted by Gasteiger charge is 2.28. The van der Waals surface area contributed by atoms with E-state index in [9.17, 15) is 4.79 Å². The number of aromatic amines is 1. The average molecular weight is 264 g/mol. The number of carbonyl (C=O) groups excluding carboxylic acids is 1. The van der Waals surface area contributed by atoms with E-state index in [1.807, 2.05) is 4.90 Å². The van der Waals surface area contributed by atoms with Crippen LogP contribution in [0.15, 0.2) is 0 Å². The molecule has 0 radical (unpaired) electrons. The molecule has 0 saturated carbocycles. The molecule has 0 bridgehead atoms. The summed E-state index contributed by atoms with van der Waals surface area (Å²) in [6, 6.07) is 0. The maximum atomic E-state index is 12.5. The van der Waals surface area contributed by atoms with E-state index in [0.717, 1.165) is 56.7 Å². The maximum absolute atomic E-state index is 12.5. The zero-order valence-electron chi connectivity index (χ0n) is 11.1. The van der Waals surface area contributed by atoms with Crippen molar-refractivity contribution >= 4 is 5.91 Å². The lowest BCUT2D eigenvalue weighted by Crippen LogP contribution is -2.49. The lowest BCUT2D eigenvalue weighted by molar-refractivity contribution is 0.0608. The van der Waals surface area contributed by atoms with Crippen molar-refractivity contribution in [3.63, 3.8) is 0 Å². The number of piperazine rings is 1. The minimum atomic E-state index is 0.0584. The van der Waals surface area contributed by atoms with E-state index in [2.05, 4.69) is 15.1 Å². The third-order valence-corrected chi connectivity index (χ3v) is 4.08. The van der Waals surface area contributed by atoms with Gasteiger partial charge in [0.25, 0.3) is 5.91 Å². The smallest absolute Gasteiger partial charge is 0.274 e. The maximum Gasteiger partial charge on any atom is 0.274 e. The minimum Gasteiger partial charge on any atom is -0.395 e. The lowest BCUT2D eigenvalue weighted by atomic mass is 10.1. The van der Waals surface area contributed by atoms with Crippen LogP contribution in [-0.4, -0.2) is 70.3 Å². The van der Waals surface area contributed by atoms with Gasteiger partial charge in [-0.15, -0.1) is 0 Å². The molecule has 1 aliphatic carbocycles. The summed E-state index contributed by atoms with van der Waals surface area (Å²) in [7, 11) is 0. The number of H-pyrrole nitrogens is 1. The topological polar surface area (TPSA) is 72.5 Å². The number of nitrogens with one attached hydrogen (secondary N) is 1. The first-order valence-corrected chi connectivity index (χ1v) is 6.98. The molecule has 2 aliphatic rings. The van der Waals surface area contributed by atoms with Crippen LogP contribution >= 0.6 is 0 Å². The highest BCUT2D eigenvalue weighted by atomic mass is 16.3. The number of rotatable bonds is 3. The van der Waals surface area contributed by atoms with Crippen LogP contribution in [0.2, 0.25) is 0 Å². The van der Waals surface area contributed by atoms with Crippen molar-refractivity contribution < 1.29 is 9.90 Å². The van der Waals surface area contributed by atoms with Crippen LogP contribution < -0.4 is 0 Å². The van der Waals surface area contributed by atoms with E-state index in [1.165, 1.54) is 0 Å². The van der Waals surface area contributed by atoms with Gasteiger partial charge < -0.3 is 10.0 Å². The number of carbonyl (C=O) groups is 1. The summed E-state index contributed by atoms with van der Waals surface area (Å²) in [6.45, 7) is 3.99.